The van der Waals surface area contributed by atoms with Gasteiger partial charge >= 0.3 is 6.18 Å². The van der Waals surface area contributed by atoms with Gasteiger partial charge in [0.1, 0.15) is 11.5 Å². The maximum Gasteiger partial charge on any atom is 0.433 e. The van der Waals surface area contributed by atoms with Gasteiger partial charge < -0.3 is 0 Å². The quantitative estimate of drug-likeness (QED) is 0.490. The van der Waals surface area contributed by atoms with E-state index in [9.17, 15) is 17.6 Å². The van der Waals surface area contributed by atoms with Gasteiger partial charge in [-0.1, -0.05) is 12.1 Å². The molecule has 130 valence electrons. The highest BCUT2D eigenvalue weighted by atomic mass is 19.4. The van der Waals surface area contributed by atoms with Crippen LogP contribution in [-0.2, 0) is 6.18 Å². The van der Waals surface area contributed by atoms with Gasteiger partial charge in [-0.3, -0.25) is 0 Å². The second kappa shape index (κ2) is 5.91. The van der Waals surface area contributed by atoms with E-state index >= 15 is 0 Å². The number of rotatable bonds is 2. The normalized spacial score (nSPS) is 11.8. The summed E-state index contributed by atoms with van der Waals surface area (Å²) in [4.78, 5) is 7.87. The summed E-state index contributed by atoms with van der Waals surface area (Å²) in [5, 5.41) is 4.66. The molecule has 4 rings (SSSR count). The van der Waals surface area contributed by atoms with Crippen LogP contribution in [0.2, 0.25) is 0 Å². The zero-order valence-electron chi connectivity index (χ0n) is 13.1. The second-order valence-corrected chi connectivity index (χ2v) is 5.58. The van der Waals surface area contributed by atoms with Crippen molar-refractivity contribution in [2.75, 3.05) is 0 Å². The Labute approximate surface area is 144 Å². The molecule has 0 spiro atoms. The number of halogens is 4. The highest BCUT2D eigenvalue weighted by molar-refractivity contribution is 5.85. The van der Waals surface area contributed by atoms with Gasteiger partial charge in [0.2, 0.25) is 0 Å². The molecule has 0 saturated heterocycles. The van der Waals surface area contributed by atoms with Gasteiger partial charge in [-0.25, -0.2) is 19.0 Å². The number of nitrogens with zero attached hydrogens (tertiary/aromatic N) is 4. The Hall–Kier alpha value is -3.29. The Bertz CT molecular complexity index is 1080. The number of aromatic nitrogens is 4. The van der Waals surface area contributed by atoms with E-state index in [0.717, 1.165) is 17.2 Å². The van der Waals surface area contributed by atoms with Crippen LogP contribution in [0, 0.1) is 5.82 Å². The number of alkyl halides is 3. The Balaban J connectivity index is 1.79. The van der Waals surface area contributed by atoms with Gasteiger partial charge in [0.15, 0.2) is 5.82 Å². The summed E-state index contributed by atoms with van der Waals surface area (Å²) < 4.78 is 53.0. The van der Waals surface area contributed by atoms with Crippen molar-refractivity contribution in [1.82, 2.24) is 19.7 Å². The molecule has 0 saturated carbocycles. The summed E-state index contributed by atoms with van der Waals surface area (Å²) in [6.45, 7) is 0. The van der Waals surface area contributed by atoms with Crippen LogP contribution in [0.3, 0.4) is 0 Å². The molecule has 0 aliphatic rings. The van der Waals surface area contributed by atoms with Crippen LogP contribution in [0.15, 0.2) is 61.1 Å². The molecular formula is C18H10F4N4. The third-order valence-corrected chi connectivity index (χ3v) is 3.86. The molecule has 26 heavy (non-hydrogen) atoms. The van der Waals surface area contributed by atoms with Gasteiger partial charge in [-0.15, -0.1) is 0 Å². The molecule has 0 atom stereocenters. The molecule has 3 heterocycles. The van der Waals surface area contributed by atoms with E-state index in [1.54, 1.807) is 24.5 Å². The van der Waals surface area contributed by atoms with Crippen molar-refractivity contribution < 1.29 is 17.6 Å². The van der Waals surface area contributed by atoms with E-state index in [0.29, 0.717) is 11.2 Å². The highest BCUT2D eigenvalue weighted by Crippen LogP contribution is 2.30. The largest absolute Gasteiger partial charge is 0.433 e. The van der Waals surface area contributed by atoms with Crippen molar-refractivity contribution in [2.24, 2.45) is 0 Å². The van der Waals surface area contributed by atoms with Gasteiger partial charge in [0.05, 0.1) is 11.7 Å². The fourth-order valence-electron chi connectivity index (χ4n) is 2.61. The SMILES string of the molecule is Fc1ccc(-c2cnn(-c3nccc4nc(C(F)(F)F)ccc34)c2)cc1. The maximum absolute atomic E-state index is 13.0. The average Bonchev–Trinajstić information content (AvgIpc) is 3.10. The third-order valence-electron chi connectivity index (χ3n) is 3.86. The first-order valence-corrected chi connectivity index (χ1v) is 7.56. The first kappa shape index (κ1) is 16.2. The van der Waals surface area contributed by atoms with Crippen molar-refractivity contribution in [2.45, 2.75) is 6.18 Å². The van der Waals surface area contributed by atoms with Crippen molar-refractivity contribution >= 4 is 10.9 Å². The first-order valence-electron chi connectivity index (χ1n) is 7.56. The standard InChI is InChI=1S/C18H10F4N4/c19-13-3-1-11(2-4-13)12-9-24-26(10-12)17-14-5-6-16(18(20,21)22)25-15(14)7-8-23-17/h1-10H. The van der Waals surface area contributed by atoms with Gasteiger partial charge in [-0.2, -0.15) is 18.3 Å². The number of pyridine rings is 2. The molecule has 0 radical (unpaired) electrons. The fraction of sp³-hybridized carbons (Fsp3) is 0.0556. The second-order valence-electron chi connectivity index (χ2n) is 5.58. The Morgan fingerprint density at radius 1 is 0.885 bits per heavy atom. The molecule has 0 amide bonds. The number of hydrogen-bond donors (Lipinski definition) is 0. The molecule has 4 aromatic rings. The maximum atomic E-state index is 13.0. The van der Waals surface area contributed by atoms with Gasteiger partial charge in [0, 0.05) is 23.3 Å². The van der Waals surface area contributed by atoms with E-state index < -0.39 is 11.9 Å². The van der Waals surface area contributed by atoms with Crippen molar-refractivity contribution in [3.05, 3.63) is 72.6 Å². The van der Waals surface area contributed by atoms with E-state index in [-0.39, 0.29) is 11.3 Å². The minimum Gasteiger partial charge on any atom is -0.243 e. The molecule has 4 nitrogen and oxygen atoms in total. The third kappa shape index (κ3) is 2.90. The Morgan fingerprint density at radius 2 is 1.65 bits per heavy atom. The predicted molar refractivity (Wildman–Crippen MR) is 87.1 cm³/mol. The van der Waals surface area contributed by atoms with Gasteiger partial charge in [0.25, 0.3) is 0 Å². The summed E-state index contributed by atoms with van der Waals surface area (Å²) in [6.07, 6.45) is 0.112. The summed E-state index contributed by atoms with van der Waals surface area (Å²) in [6, 6.07) is 9.56. The molecule has 8 heteroatoms. The molecule has 0 bridgehead atoms. The van der Waals surface area contributed by atoms with Crippen LogP contribution in [0.5, 0.6) is 0 Å². The lowest BCUT2D eigenvalue weighted by molar-refractivity contribution is -0.140. The van der Waals surface area contributed by atoms with E-state index in [2.05, 4.69) is 15.1 Å². The van der Waals surface area contributed by atoms with Crippen molar-refractivity contribution in [3.8, 4) is 16.9 Å². The lowest BCUT2D eigenvalue weighted by Crippen LogP contribution is -2.08. The lowest BCUT2D eigenvalue weighted by atomic mass is 10.1. The topological polar surface area (TPSA) is 43.6 Å². The van der Waals surface area contributed by atoms with E-state index in [4.69, 9.17) is 0 Å². The molecule has 0 unspecified atom stereocenters. The number of fused-ring (bicyclic) bond motifs is 1. The lowest BCUT2D eigenvalue weighted by Gasteiger charge is -2.09. The Kier molecular flexibility index (Phi) is 3.68. The van der Waals surface area contributed by atoms with Gasteiger partial charge in [-0.05, 0) is 35.9 Å². The highest BCUT2D eigenvalue weighted by Gasteiger charge is 2.32. The van der Waals surface area contributed by atoms with E-state index in [1.807, 2.05) is 0 Å². The van der Waals surface area contributed by atoms with Crippen LogP contribution in [0.1, 0.15) is 5.69 Å². The van der Waals surface area contributed by atoms with Crippen molar-refractivity contribution in [1.29, 1.82) is 0 Å². The predicted octanol–water partition coefficient (Wildman–Crippen LogP) is 4.64. The smallest absolute Gasteiger partial charge is 0.243 e. The molecule has 1 aromatic carbocycles. The molecular weight excluding hydrogens is 348 g/mol. The van der Waals surface area contributed by atoms with Crippen LogP contribution >= 0.6 is 0 Å². The molecule has 0 fully saturated rings. The first-order chi connectivity index (χ1) is 12.4. The summed E-state index contributed by atoms with van der Waals surface area (Å²) >= 11 is 0. The van der Waals surface area contributed by atoms with Crippen LogP contribution in [0.25, 0.3) is 27.8 Å². The molecule has 3 aromatic heterocycles. The van der Waals surface area contributed by atoms with Crippen LogP contribution in [0.4, 0.5) is 17.6 Å². The van der Waals surface area contributed by atoms with Crippen LogP contribution < -0.4 is 0 Å². The fourth-order valence-corrected chi connectivity index (χ4v) is 2.61. The molecule has 0 aliphatic carbocycles. The Morgan fingerprint density at radius 3 is 2.38 bits per heavy atom. The minimum absolute atomic E-state index is 0.170. The average molecular weight is 358 g/mol. The molecule has 0 aliphatic heterocycles. The summed E-state index contributed by atoms with van der Waals surface area (Å²) in [7, 11) is 0. The monoisotopic (exact) mass is 358 g/mol. The summed E-state index contributed by atoms with van der Waals surface area (Å²) in [5.41, 5.74) is 0.692. The van der Waals surface area contributed by atoms with Crippen molar-refractivity contribution in [3.63, 3.8) is 0 Å². The number of benzene rings is 1. The zero-order valence-corrected chi connectivity index (χ0v) is 13.1. The molecule has 0 N–H and O–H groups in total. The minimum atomic E-state index is -4.51. The zero-order chi connectivity index (χ0) is 18.3. The number of hydrogen-bond acceptors (Lipinski definition) is 3. The van der Waals surface area contributed by atoms with Crippen LogP contribution in [-0.4, -0.2) is 19.7 Å². The van der Waals surface area contributed by atoms with E-state index in [1.165, 1.54) is 35.1 Å². The summed E-state index contributed by atoms with van der Waals surface area (Å²) in [5.74, 6) is 0.0143.